The Kier molecular flexibility index (Phi) is 4.74. The first kappa shape index (κ1) is 15.8. The molecule has 0 amide bonds. The van der Waals surface area contributed by atoms with Gasteiger partial charge in [-0.25, -0.2) is 8.42 Å². The predicted octanol–water partition coefficient (Wildman–Crippen LogP) is 2.47. The van der Waals surface area contributed by atoms with Crippen LogP contribution in [0.5, 0.6) is 0 Å². The van der Waals surface area contributed by atoms with E-state index in [1.165, 1.54) is 6.07 Å². The summed E-state index contributed by atoms with van der Waals surface area (Å²) in [6, 6.07) is 4.78. The van der Waals surface area contributed by atoms with Crippen LogP contribution in [0.15, 0.2) is 23.1 Å². The summed E-state index contributed by atoms with van der Waals surface area (Å²) >= 11 is 6.07. The van der Waals surface area contributed by atoms with Crippen LogP contribution in [-0.4, -0.2) is 25.8 Å². The van der Waals surface area contributed by atoms with Crippen molar-refractivity contribution in [1.82, 2.24) is 4.31 Å². The highest BCUT2D eigenvalue weighted by Gasteiger charge is 2.31. The summed E-state index contributed by atoms with van der Waals surface area (Å²) in [6.07, 6.45) is 1.07. The van der Waals surface area contributed by atoms with Gasteiger partial charge in [0.05, 0.1) is 4.90 Å². The summed E-state index contributed by atoms with van der Waals surface area (Å²) in [5, 5.41) is 0.409. The number of sulfonamides is 1. The van der Waals surface area contributed by atoms with Crippen molar-refractivity contribution in [2.45, 2.75) is 31.7 Å². The third-order valence-electron chi connectivity index (χ3n) is 3.72. The summed E-state index contributed by atoms with van der Waals surface area (Å²) in [7, 11) is -3.47. The van der Waals surface area contributed by atoms with E-state index in [-0.39, 0.29) is 4.90 Å². The monoisotopic (exact) mass is 316 g/mol. The molecule has 1 aliphatic heterocycles. The number of hydrogen-bond donors (Lipinski definition) is 1. The molecule has 4 nitrogen and oxygen atoms in total. The lowest BCUT2D eigenvalue weighted by atomic mass is 9.94. The Morgan fingerprint density at radius 2 is 1.90 bits per heavy atom. The standard InChI is InChI=1S/C14H21ClN2O2S/c1-10-5-11(2)9-17(8-10)20(18,19)13-4-3-12(7-16)14(15)6-13/h3-4,6,10-11H,5,7-9,16H2,1-2H3. The highest BCUT2D eigenvalue weighted by Crippen LogP contribution is 2.28. The van der Waals surface area contributed by atoms with Gasteiger partial charge in [0.1, 0.15) is 0 Å². The fourth-order valence-corrected chi connectivity index (χ4v) is 4.83. The van der Waals surface area contributed by atoms with Gasteiger partial charge in [-0.3, -0.25) is 0 Å². The molecule has 2 rings (SSSR count). The number of rotatable bonds is 3. The number of nitrogens with two attached hydrogens (primary N) is 1. The van der Waals surface area contributed by atoms with E-state index in [0.29, 0.717) is 36.5 Å². The molecule has 2 atom stereocenters. The van der Waals surface area contributed by atoms with E-state index in [9.17, 15) is 8.42 Å². The first-order valence-electron chi connectivity index (χ1n) is 6.83. The first-order chi connectivity index (χ1) is 9.34. The highest BCUT2D eigenvalue weighted by atomic mass is 35.5. The van der Waals surface area contributed by atoms with Crippen molar-refractivity contribution in [3.8, 4) is 0 Å². The first-order valence-corrected chi connectivity index (χ1v) is 8.65. The van der Waals surface area contributed by atoms with Gasteiger partial charge in [0.2, 0.25) is 10.0 Å². The number of nitrogens with zero attached hydrogens (tertiary/aromatic N) is 1. The van der Waals surface area contributed by atoms with Crippen LogP contribution < -0.4 is 5.73 Å². The summed E-state index contributed by atoms with van der Waals surface area (Å²) < 4.78 is 26.9. The van der Waals surface area contributed by atoms with Crippen LogP contribution in [0.2, 0.25) is 5.02 Å². The normalized spacial score (nSPS) is 24.8. The van der Waals surface area contributed by atoms with Gasteiger partial charge in [-0.05, 0) is 36.0 Å². The summed E-state index contributed by atoms with van der Waals surface area (Å²) in [4.78, 5) is 0.251. The Bertz CT molecular complexity index is 579. The minimum absolute atomic E-state index is 0.251. The zero-order valence-electron chi connectivity index (χ0n) is 11.8. The zero-order chi connectivity index (χ0) is 14.9. The highest BCUT2D eigenvalue weighted by molar-refractivity contribution is 7.89. The lowest BCUT2D eigenvalue weighted by molar-refractivity contribution is 0.222. The molecule has 0 bridgehead atoms. The average Bonchev–Trinajstić information content (AvgIpc) is 2.37. The van der Waals surface area contributed by atoms with Gasteiger partial charge in [-0.1, -0.05) is 31.5 Å². The molecule has 0 aliphatic carbocycles. The number of piperidine rings is 1. The van der Waals surface area contributed by atoms with Crippen molar-refractivity contribution in [3.63, 3.8) is 0 Å². The van der Waals surface area contributed by atoms with Crippen molar-refractivity contribution < 1.29 is 8.42 Å². The molecule has 1 saturated heterocycles. The molecule has 20 heavy (non-hydrogen) atoms. The Balaban J connectivity index is 2.32. The lowest BCUT2D eigenvalue weighted by Gasteiger charge is -2.34. The van der Waals surface area contributed by atoms with E-state index in [2.05, 4.69) is 13.8 Å². The third-order valence-corrected chi connectivity index (χ3v) is 5.90. The lowest BCUT2D eigenvalue weighted by Crippen LogP contribution is -2.42. The van der Waals surface area contributed by atoms with Crippen molar-refractivity contribution in [2.75, 3.05) is 13.1 Å². The number of halogens is 1. The van der Waals surface area contributed by atoms with Gasteiger partial charge in [-0.15, -0.1) is 0 Å². The molecule has 1 heterocycles. The average molecular weight is 317 g/mol. The van der Waals surface area contributed by atoms with Crippen LogP contribution in [0.25, 0.3) is 0 Å². The molecule has 1 aromatic rings. The van der Waals surface area contributed by atoms with Gasteiger partial charge in [0.25, 0.3) is 0 Å². The zero-order valence-corrected chi connectivity index (χ0v) is 13.4. The second-order valence-electron chi connectivity index (χ2n) is 5.73. The smallest absolute Gasteiger partial charge is 0.243 e. The molecule has 112 valence electrons. The SMILES string of the molecule is CC1CC(C)CN(S(=O)(=O)c2ccc(CN)c(Cl)c2)C1. The van der Waals surface area contributed by atoms with Gasteiger partial charge in [-0.2, -0.15) is 4.31 Å². The maximum absolute atomic E-state index is 12.7. The molecule has 0 radical (unpaired) electrons. The minimum Gasteiger partial charge on any atom is -0.326 e. The van der Waals surface area contributed by atoms with Crippen molar-refractivity contribution in [2.24, 2.45) is 17.6 Å². The predicted molar refractivity (Wildman–Crippen MR) is 81.0 cm³/mol. The van der Waals surface area contributed by atoms with E-state index in [4.69, 9.17) is 17.3 Å². The Hall–Kier alpha value is -0.620. The fourth-order valence-electron chi connectivity index (χ4n) is 2.81. The molecule has 2 N–H and O–H groups in total. The largest absolute Gasteiger partial charge is 0.326 e. The maximum atomic E-state index is 12.7. The van der Waals surface area contributed by atoms with E-state index < -0.39 is 10.0 Å². The number of hydrogen-bond acceptors (Lipinski definition) is 3. The molecule has 0 spiro atoms. The molecule has 0 saturated carbocycles. The summed E-state index contributed by atoms with van der Waals surface area (Å²) in [5.41, 5.74) is 6.30. The molecule has 0 aromatic heterocycles. The van der Waals surface area contributed by atoms with Crippen LogP contribution >= 0.6 is 11.6 Å². The van der Waals surface area contributed by atoms with E-state index >= 15 is 0 Å². The molecule has 1 fully saturated rings. The second kappa shape index (κ2) is 6.02. The van der Waals surface area contributed by atoms with E-state index in [1.54, 1.807) is 16.4 Å². The van der Waals surface area contributed by atoms with Crippen LogP contribution in [-0.2, 0) is 16.6 Å². The van der Waals surface area contributed by atoms with Crippen molar-refractivity contribution in [3.05, 3.63) is 28.8 Å². The van der Waals surface area contributed by atoms with Crippen LogP contribution in [0.1, 0.15) is 25.8 Å². The van der Waals surface area contributed by atoms with Crippen molar-refractivity contribution >= 4 is 21.6 Å². The minimum atomic E-state index is -3.47. The second-order valence-corrected chi connectivity index (χ2v) is 8.07. The topological polar surface area (TPSA) is 63.4 Å². The molecule has 6 heteroatoms. The fraction of sp³-hybridized carbons (Fsp3) is 0.571. The van der Waals surface area contributed by atoms with Gasteiger partial charge in [0.15, 0.2) is 0 Å². The van der Waals surface area contributed by atoms with E-state index in [0.717, 1.165) is 12.0 Å². The Morgan fingerprint density at radius 1 is 1.30 bits per heavy atom. The molecular formula is C14H21ClN2O2S. The van der Waals surface area contributed by atoms with Crippen LogP contribution in [0, 0.1) is 11.8 Å². The van der Waals surface area contributed by atoms with Gasteiger partial charge >= 0.3 is 0 Å². The summed E-state index contributed by atoms with van der Waals surface area (Å²) in [5.74, 6) is 0.764. The Labute approximate surface area is 126 Å². The molecule has 1 aliphatic rings. The molecule has 2 unspecified atom stereocenters. The van der Waals surface area contributed by atoms with Crippen molar-refractivity contribution in [1.29, 1.82) is 0 Å². The van der Waals surface area contributed by atoms with Crippen LogP contribution in [0.3, 0.4) is 0 Å². The Morgan fingerprint density at radius 3 is 2.40 bits per heavy atom. The third kappa shape index (κ3) is 3.17. The maximum Gasteiger partial charge on any atom is 0.243 e. The van der Waals surface area contributed by atoms with Crippen LogP contribution in [0.4, 0.5) is 0 Å². The summed E-state index contributed by atoms with van der Waals surface area (Å²) in [6.45, 7) is 5.62. The van der Waals surface area contributed by atoms with Gasteiger partial charge in [0, 0.05) is 24.7 Å². The number of benzene rings is 1. The molecule has 1 aromatic carbocycles. The van der Waals surface area contributed by atoms with Gasteiger partial charge < -0.3 is 5.73 Å². The molecular weight excluding hydrogens is 296 g/mol. The van der Waals surface area contributed by atoms with E-state index in [1.807, 2.05) is 0 Å². The quantitative estimate of drug-likeness (QED) is 0.931.